The van der Waals surface area contributed by atoms with Crippen LogP contribution in [0, 0.1) is 0 Å². The molecule has 1 saturated heterocycles. The maximum absolute atomic E-state index is 13.0. The minimum atomic E-state index is -4.44. The molecule has 20 nitrogen and oxygen atoms in total. The van der Waals surface area contributed by atoms with Gasteiger partial charge in [-0.25, -0.2) is 14.3 Å². The van der Waals surface area contributed by atoms with E-state index in [1.165, 1.54) is 7.05 Å². The Morgan fingerprint density at radius 3 is 2.73 bits per heavy atom. The lowest BCUT2D eigenvalue weighted by molar-refractivity contribution is -0.150. The number of β-lactam (4-membered cyclic amide) rings is 1. The van der Waals surface area contributed by atoms with Crippen LogP contribution in [0.15, 0.2) is 21.6 Å². The number of aliphatic carboxylic acids is 1. The first-order valence-corrected chi connectivity index (χ1v) is 14.9. The van der Waals surface area contributed by atoms with Crippen LogP contribution in [0.5, 0.6) is 0 Å². The van der Waals surface area contributed by atoms with Crippen molar-refractivity contribution in [2.75, 3.05) is 24.3 Å². The number of amides is 3. The Bertz CT molecular complexity index is 1540. The Morgan fingerprint density at radius 2 is 2.10 bits per heavy atom. The van der Waals surface area contributed by atoms with Crippen molar-refractivity contribution < 1.29 is 42.1 Å². The maximum Gasteiger partial charge on any atom is 0.433 e. The molecule has 2 aromatic heterocycles. The second kappa shape index (κ2) is 11.7. The quantitative estimate of drug-likeness (QED) is 0.0452. The molecule has 2 aromatic rings. The number of nitrogen functional groups attached to an aromatic ring is 1. The molecule has 0 spiro atoms. The van der Waals surface area contributed by atoms with Gasteiger partial charge in [-0.1, -0.05) is 16.9 Å². The summed E-state index contributed by atoms with van der Waals surface area (Å²) in [7, 11) is -3.18. The monoisotopic (exact) mass is 635 g/mol. The number of rotatable bonds is 10. The van der Waals surface area contributed by atoms with E-state index in [9.17, 15) is 32.7 Å². The average molecular weight is 636 g/mol. The maximum atomic E-state index is 13.0. The van der Waals surface area contributed by atoms with Gasteiger partial charge >= 0.3 is 12.1 Å². The number of nitrogens with one attached hydrogen (secondary N) is 2. The second-order valence-corrected chi connectivity index (χ2v) is 11.9. The number of aromatic nitrogens is 6. The minimum absolute atomic E-state index is 0.00201. The zero-order chi connectivity index (χ0) is 29.2. The molecule has 3 amide bonds. The standard InChI is InChI=1S/C16H17N11O9S4/c1-18-16(32)36-22-6(9-20-14(17)39-23-9)10(28)19-7-11(29)27-8(13(30)31)5(2-37-12(7)27)3-38-15-21-24-25-26(15)4-40(33,34)35/h7,12H,2-4H2,1H3,(H,18,32)(H,19,28)(H,30,31)(H2,17,20,23)(H,33,34,35)/b22-6+/t7-,12-/m1/s1. The topological polar surface area (TPSA) is 287 Å². The van der Waals surface area contributed by atoms with Crippen molar-refractivity contribution in [2.24, 2.45) is 5.16 Å². The number of tetrazole rings is 1. The fourth-order valence-corrected chi connectivity index (χ4v) is 6.70. The van der Waals surface area contributed by atoms with Crippen LogP contribution in [0.1, 0.15) is 5.82 Å². The molecule has 0 aliphatic carbocycles. The lowest BCUT2D eigenvalue weighted by Gasteiger charge is -2.49. The van der Waals surface area contributed by atoms with E-state index in [0.717, 1.165) is 44.6 Å². The van der Waals surface area contributed by atoms with E-state index in [1.807, 2.05) is 0 Å². The van der Waals surface area contributed by atoms with Crippen LogP contribution < -0.4 is 16.4 Å². The lowest BCUT2D eigenvalue weighted by Crippen LogP contribution is -2.71. The van der Waals surface area contributed by atoms with E-state index in [0.29, 0.717) is 5.57 Å². The molecule has 2 atom stereocenters. The molecular formula is C16H17N11O9S4. The Hall–Kier alpha value is -3.87. The molecule has 0 saturated carbocycles. The van der Waals surface area contributed by atoms with Gasteiger partial charge in [0.05, 0.1) is 0 Å². The van der Waals surface area contributed by atoms with Gasteiger partial charge in [0.1, 0.15) is 17.1 Å². The number of carboxylic acid groups (broad SMARTS) is 1. The summed E-state index contributed by atoms with van der Waals surface area (Å²) >= 11 is 2.81. The van der Waals surface area contributed by atoms with Crippen molar-refractivity contribution in [1.29, 1.82) is 0 Å². The zero-order valence-electron chi connectivity index (χ0n) is 19.8. The van der Waals surface area contributed by atoms with Crippen molar-refractivity contribution in [3.05, 3.63) is 17.1 Å². The molecule has 6 N–H and O–H groups in total. The molecule has 0 unspecified atom stereocenters. The molecule has 1 fully saturated rings. The van der Waals surface area contributed by atoms with Gasteiger partial charge in [-0.05, 0) is 16.0 Å². The number of carbonyl (C=O) groups excluding carboxylic acids is 3. The van der Waals surface area contributed by atoms with Crippen molar-refractivity contribution >= 4 is 79.9 Å². The molecule has 214 valence electrons. The van der Waals surface area contributed by atoms with Crippen molar-refractivity contribution in [3.63, 3.8) is 0 Å². The highest BCUT2D eigenvalue weighted by Crippen LogP contribution is 2.41. The van der Waals surface area contributed by atoms with Crippen LogP contribution in [-0.2, 0) is 35.2 Å². The number of hydrogen-bond acceptors (Lipinski definition) is 17. The first-order valence-electron chi connectivity index (χ1n) is 10.5. The molecule has 0 aromatic carbocycles. The lowest BCUT2D eigenvalue weighted by atomic mass is 10.0. The second-order valence-electron chi connectivity index (χ2n) is 7.60. The third-order valence-electron chi connectivity index (χ3n) is 4.99. The number of nitrogens with zero attached hydrogens (tertiary/aromatic N) is 8. The van der Waals surface area contributed by atoms with Gasteiger partial charge in [0.15, 0.2) is 11.0 Å². The number of carbonyl (C=O) groups is 4. The molecule has 24 heteroatoms. The summed E-state index contributed by atoms with van der Waals surface area (Å²) in [4.78, 5) is 58.9. The molecule has 2 aliphatic heterocycles. The van der Waals surface area contributed by atoms with Gasteiger partial charge < -0.3 is 21.5 Å². The summed E-state index contributed by atoms with van der Waals surface area (Å²) in [5.74, 6) is -4.19. The molecule has 2 aliphatic rings. The van der Waals surface area contributed by atoms with Crippen LogP contribution >= 0.6 is 35.1 Å². The van der Waals surface area contributed by atoms with E-state index in [4.69, 9.17) is 10.3 Å². The highest BCUT2D eigenvalue weighted by molar-refractivity contribution is 8.01. The van der Waals surface area contributed by atoms with E-state index < -0.39 is 57.0 Å². The Kier molecular flexibility index (Phi) is 8.52. The van der Waals surface area contributed by atoms with Crippen molar-refractivity contribution in [2.45, 2.75) is 22.4 Å². The van der Waals surface area contributed by atoms with Crippen molar-refractivity contribution in [1.82, 2.24) is 45.1 Å². The fourth-order valence-electron chi connectivity index (χ4n) is 3.34. The van der Waals surface area contributed by atoms with E-state index in [-0.39, 0.29) is 33.3 Å². The SMILES string of the molecule is CNC(=O)O/N=C(/C(=O)N[C@@H]1C(=O)N2C(C(=O)O)=C(CSc3nnnn3CS(=O)(=O)O)CS[C@H]12)c1nsc(N)n1. The zero-order valence-corrected chi connectivity index (χ0v) is 23.1. The molecule has 4 heterocycles. The predicted octanol–water partition coefficient (Wildman–Crippen LogP) is -2.46. The highest BCUT2D eigenvalue weighted by atomic mass is 32.2. The normalized spacial score (nSPS) is 19.1. The van der Waals surface area contributed by atoms with Crippen LogP contribution in [0.4, 0.5) is 9.93 Å². The van der Waals surface area contributed by atoms with Crippen LogP contribution in [0.25, 0.3) is 0 Å². The summed E-state index contributed by atoms with van der Waals surface area (Å²) in [6, 6.07) is -1.16. The minimum Gasteiger partial charge on any atom is -0.477 e. The van der Waals surface area contributed by atoms with Gasteiger partial charge in [0.25, 0.3) is 21.9 Å². The number of hydrogen-bond donors (Lipinski definition) is 5. The number of fused-ring (bicyclic) bond motifs is 1. The van der Waals surface area contributed by atoms with Gasteiger partial charge in [-0.2, -0.15) is 17.8 Å². The number of oxime groups is 1. The van der Waals surface area contributed by atoms with Gasteiger partial charge in [0.2, 0.25) is 16.7 Å². The summed E-state index contributed by atoms with van der Waals surface area (Å²) in [5.41, 5.74) is 5.01. The fraction of sp³-hybridized carbons (Fsp3) is 0.375. The summed E-state index contributed by atoms with van der Waals surface area (Å²) < 4.78 is 36.0. The van der Waals surface area contributed by atoms with Crippen LogP contribution in [0.2, 0.25) is 0 Å². The van der Waals surface area contributed by atoms with Gasteiger partial charge in [-0.3, -0.25) is 23.9 Å². The third kappa shape index (κ3) is 6.30. The van der Waals surface area contributed by atoms with Crippen LogP contribution in [-0.4, -0.2) is 112 Å². The number of thioether (sulfide) groups is 2. The molecule has 0 bridgehead atoms. The molecule has 0 radical (unpaired) electrons. The van der Waals surface area contributed by atoms with Gasteiger partial charge in [0, 0.05) is 30.1 Å². The third-order valence-corrected chi connectivity index (χ3v) is 8.49. The molecular weight excluding hydrogens is 619 g/mol. The Labute approximate surface area is 235 Å². The van der Waals surface area contributed by atoms with E-state index in [1.54, 1.807) is 0 Å². The smallest absolute Gasteiger partial charge is 0.433 e. The number of carboxylic acids is 1. The first kappa shape index (κ1) is 29.1. The van der Waals surface area contributed by atoms with Crippen molar-refractivity contribution in [3.8, 4) is 0 Å². The van der Waals surface area contributed by atoms with Gasteiger partial charge in [-0.15, -0.1) is 16.9 Å². The summed E-state index contributed by atoms with van der Waals surface area (Å²) in [5, 5.41) is 27.5. The number of anilines is 1. The molecule has 40 heavy (non-hydrogen) atoms. The Morgan fingerprint density at radius 1 is 1.35 bits per heavy atom. The highest BCUT2D eigenvalue weighted by Gasteiger charge is 2.54. The predicted molar refractivity (Wildman–Crippen MR) is 136 cm³/mol. The average Bonchev–Trinajstić information content (AvgIpc) is 3.52. The largest absolute Gasteiger partial charge is 0.477 e. The first-order chi connectivity index (χ1) is 18.9. The van der Waals surface area contributed by atoms with Crippen LogP contribution in [0.3, 0.4) is 0 Å². The number of nitrogens with two attached hydrogens (primary N) is 1. The van der Waals surface area contributed by atoms with E-state index in [2.05, 4.69) is 45.5 Å². The Balaban J connectivity index is 1.49. The van der Waals surface area contributed by atoms with E-state index >= 15 is 0 Å². The summed E-state index contributed by atoms with van der Waals surface area (Å²) in [6.45, 7) is 0. The summed E-state index contributed by atoms with van der Waals surface area (Å²) in [6.07, 6.45) is -0.990. The molecule has 4 rings (SSSR count).